The number of nitrogens with one attached hydrogen (secondary N) is 2. The first-order chi connectivity index (χ1) is 13.6. The van der Waals surface area contributed by atoms with Crippen molar-refractivity contribution >= 4 is 5.91 Å². The molecule has 6 heteroatoms. The van der Waals surface area contributed by atoms with Gasteiger partial charge in [-0.3, -0.25) is 4.79 Å². The van der Waals surface area contributed by atoms with Crippen LogP contribution in [0.25, 0.3) is 0 Å². The summed E-state index contributed by atoms with van der Waals surface area (Å²) < 4.78 is 10.3. The van der Waals surface area contributed by atoms with Gasteiger partial charge in [-0.2, -0.15) is 5.26 Å². The maximum absolute atomic E-state index is 12.3. The molecule has 2 aromatic carbocycles. The summed E-state index contributed by atoms with van der Waals surface area (Å²) in [6, 6.07) is 16.9. The van der Waals surface area contributed by atoms with E-state index in [4.69, 9.17) is 9.47 Å². The highest BCUT2D eigenvalue weighted by Gasteiger charge is 2.13. The van der Waals surface area contributed by atoms with Gasteiger partial charge in [0.05, 0.1) is 20.3 Å². The maximum atomic E-state index is 12.3. The summed E-state index contributed by atoms with van der Waals surface area (Å²) in [5, 5.41) is 15.1. The van der Waals surface area contributed by atoms with E-state index < -0.39 is 5.91 Å². The second-order valence-corrected chi connectivity index (χ2v) is 6.19. The third kappa shape index (κ3) is 6.06. The molecule has 0 spiro atoms. The average Bonchev–Trinajstić information content (AvgIpc) is 2.74. The van der Waals surface area contributed by atoms with Crippen molar-refractivity contribution in [2.24, 2.45) is 0 Å². The molecule has 0 heterocycles. The SMILES string of the molecule is COc1ccc(CCN/C=C(/C#N)C(=O)NC(C)c2ccc(OC)cc2)cc1. The Morgan fingerprint density at radius 1 is 1.07 bits per heavy atom. The minimum Gasteiger partial charge on any atom is -0.497 e. The summed E-state index contributed by atoms with van der Waals surface area (Å²) in [5.41, 5.74) is 2.10. The molecule has 2 aromatic rings. The van der Waals surface area contributed by atoms with Crippen LogP contribution in [0.1, 0.15) is 24.1 Å². The summed E-state index contributed by atoms with van der Waals surface area (Å²) in [4.78, 5) is 12.3. The first-order valence-corrected chi connectivity index (χ1v) is 8.98. The van der Waals surface area contributed by atoms with Gasteiger partial charge in [0.1, 0.15) is 23.1 Å². The van der Waals surface area contributed by atoms with Gasteiger partial charge >= 0.3 is 0 Å². The average molecular weight is 379 g/mol. The largest absolute Gasteiger partial charge is 0.497 e. The van der Waals surface area contributed by atoms with Crippen LogP contribution in [0.5, 0.6) is 11.5 Å². The molecule has 0 aliphatic carbocycles. The lowest BCUT2D eigenvalue weighted by atomic mass is 10.1. The molecule has 0 aliphatic rings. The van der Waals surface area contributed by atoms with E-state index >= 15 is 0 Å². The molecule has 0 fully saturated rings. The Morgan fingerprint density at radius 2 is 1.64 bits per heavy atom. The number of methoxy groups -OCH3 is 2. The van der Waals surface area contributed by atoms with Gasteiger partial charge in [0.15, 0.2) is 0 Å². The van der Waals surface area contributed by atoms with Crippen molar-refractivity contribution in [3.63, 3.8) is 0 Å². The van der Waals surface area contributed by atoms with E-state index in [1.165, 1.54) is 6.20 Å². The van der Waals surface area contributed by atoms with E-state index in [-0.39, 0.29) is 11.6 Å². The number of carbonyl (C=O) groups excluding carboxylic acids is 1. The van der Waals surface area contributed by atoms with Gasteiger partial charge in [0.25, 0.3) is 5.91 Å². The molecular formula is C22H25N3O3. The van der Waals surface area contributed by atoms with Crippen molar-refractivity contribution < 1.29 is 14.3 Å². The van der Waals surface area contributed by atoms with Crippen LogP contribution < -0.4 is 20.1 Å². The highest BCUT2D eigenvalue weighted by Crippen LogP contribution is 2.17. The number of hydrogen-bond donors (Lipinski definition) is 2. The van der Waals surface area contributed by atoms with Crippen LogP contribution in [0.3, 0.4) is 0 Å². The van der Waals surface area contributed by atoms with Crippen LogP contribution in [0.4, 0.5) is 0 Å². The van der Waals surface area contributed by atoms with Crippen LogP contribution in [0, 0.1) is 11.3 Å². The smallest absolute Gasteiger partial charge is 0.263 e. The Morgan fingerprint density at radius 3 is 2.18 bits per heavy atom. The lowest BCUT2D eigenvalue weighted by Crippen LogP contribution is -2.28. The summed E-state index contributed by atoms with van der Waals surface area (Å²) in [6.45, 7) is 2.48. The molecule has 0 radical (unpaired) electrons. The Balaban J connectivity index is 1.86. The number of nitrogens with zero attached hydrogens (tertiary/aromatic N) is 1. The van der Waals surface area contributed by atoms with E-state index in [1.807, 2.05) is 61.5 Å². The monoisotopic (exact) mass is 379 g/mol. The van der Waals surface area contributed by atoms with Crippen molar-refractivity contribution in [2.75, 3.05) is 20.8 Å². The summed E-state index contributed by atoms with van der Waals surface area (Å²) >= 11 is 0. The molecule has 0 bridgehead atoms. The Kier molecular flexibility index (Phi) is 7.92. The standard InChI is InChI=1S/C22H25N3O3/c1-16(18-6-10-21(28-3)11-7-18)25-22(26)19(14-23)15-24-13-12-17-4-8-20(27-2)9-5-17/h4-11,15-16,24H,12-13H2,1-3H3,(H,25,26)/b19-15-. The summed E-state index contributed by atoms with van der Waals surface area (Å²) in [6.07, 6.45) is 2.22. The maximum Gasteiger partial charge on any atom is 0.263 e. The molecule has 146 valence electrons. The van der Waals surface area contributed by atoms with Gasteiger partial charge in [-0.05, 0) is 48.7 Å². The van der Waals surface area contributed by atoms with Gasteiger partial charge in [-0.1, -0.05) is 24.3 Å². The molecule has 0 aliphatic heterocycles. The first kappa shape index (κ1) is 20.8. The van der Waals surface area contributed by atoms with Gasteiger partial charge in [-0.25, -0.2) is 0 Å². The van der Waals surface area contributed by atoms with Crippen molar-refractivity contribution in [1.82, 2.24) is 10.6 Å². The highest BCUT2D eigenvalue weighted by atomic mass is 16.5. The number of carbonyl (C=O) groups is 1. The molecule has 2 N–H and O–H groups in total. The predicted molar refractivity (Wildman–Crippen MR) is 108 cm³/mol. The fourth-order valence-corrected chi connectivity index (χ4v) is 2.58. The number of hydrogen-bond acceptors (Lipinski definition) is 5. The van der Waals surface area contributed by atoms with Gasteiger partial charge in [0.2, 0.25) is 0 Å². The van der Waals surface area contributed by atoms with Crippen LogP contribution >= 0.6 is 0 Å². The van der Waals surface area contributed by atoms with Gasteiger partial charge in [-0.15, -0.1) is 0 Å². The van der Waals surface area contributed by atoms with Crippen LogP contribution in [-0.2, 0) is 11.2 Å². The Labute approximate surface area is 165 Å². The van der Waals surface area contributed by atoms with Crippen molar-refractivity contribution in [3.05, 3.63) is 71.4 Å². The molecule has 1 unspecified atom stereocenters. The molecule has 0 saturated heterocycles. The molecule has 2 rings (SSSR count). The lowest BCUT2D eigenvalue weighted by molar-refractivity contribution is -0.117. The van der Waals surface area contributed by atoms with Crippen LogP contribution in [0.2, 0.25) is 0 Å². The minimum absolute atomic E-state index is 0.0371. The third-order valence-electron chi connectivity index (χ3n) is 4.29. The number of benzene rings is 2. The highest BCUT2D eigenvalue weighted by molar-refractivity contribution is 5.97. The number of amides is 1. The van der Waals surface area contributed by atoms with E-state index in [2.05, 4.69) is 10.6 Å². The molecule has 1 atom stereocenters. The second-order valence-electron chi connectivity index (χ2n) is 6.19. The van der Waals surface area contributed by atoms with E-state index in [0.29, 0.717) is 6.54 Å². The van der Waals surface area contributed by atoms with Gasteiger partial charge in [0, 0.05) is 12.7 Å². The molecule has 6 nitrogen and oxygen atoms in total. The predicted octanol–water partition coefficient (Wildman–Crippen LogP) is 3.12. The fourth-order valence-electron chi connectivity index (χ4n) is 2.58. The first-order valence-electron chi connectivity index (χ1n) is 8.98. The molecule has 28 heavy (non-hydrogen) atoms. The Bertz CT molecular complexity index is 837. The quantitative estimate of drug-likeness (QED) is 0.397. The number of rotatable bonds is 9. The second kappa shape index (κ2) is 10.6. The topological polar surface area (TPSA) is 83.4 Å². The zero-order valence-electron chi connectivity index (χ0n) is 16.4. The van der Waals surface area contributed by atoms with Crippen molar-refractivity contribution in [3.8, 4) is 17.6 Å². The third-order valence-corrected chi connectivity index (χ3v) is 4.29. The summed E-state index contributed by atoms with van der Waals surface area (Å²) in [7, 11) is 3.23. The molecule has 0 saturated carbocycles. The van der Waals surface area contributed by atoms with E-state index in [9.17, 15) is 10.1 Å². The Hall–Kier alpha value is -3.46. The van der Waals surface area contributed by atoms with Crippen molar-refractivity contribution in [1.29, 1.82) is 5.26 Å². The molecule has 1 amide bonds. The molecular weight excluding hydrogens is 354 g/mol. The zero-order valence-corrected chi connectivity index (χ0v) is 16.4. The van der Waals surface area contributed by atoms with Gasteiger partial charge < -0.3 is 20.1 Å². The summed E-state index contributed by atoms with van der Waals surface area (Å²) in [5.74, 6) is 1.15. The van der Waals surface area contributed by atoms with Crippen LogP contribution in [-0.4, -0.2) is 26.7 Å². The minimum atomic E-state index is -0.414. The van der Waals surface area contributed by atoms with E-state index in [0.717, 1.165) is 29.0 Å². The fraction of sp³-hybridized carbons (Fsp3) is 0.273. The molecule has 0 aromatic heterocycles. The normalized spacial score (nSPS) is 11.9. The number of ether oxygens (including phenoxy) is 2. The lowest BCUT2D eigenvalue weighted by Gasteiger charge is -2.14. The van der Waals surface area contributed by atoms with E-state index in [1.54, 1.807) is 14.2 Å². The number of nitriles is 1. The van der Waals surface area contributed by atoms with Crippen LogP contribution in [0.15, 0.2) is 60.3 Å². The zero-order chi connectivity index (χ0) is 20.4. The van der Waals surface area contributed by atoms with Crippen molar-refractivity contribution in [2.45, 2.75) is 19.4 Å².